The molecule has 0 aromatic rings. The van der Waals surface area contributed by atoms with Gasteiger partial charge in [0.1, 0.15) is 5.54 Å². The Morgan fingerprint density at radius 3 is 2.43 bits per heavy atom. The second-order valence-electron chi connectivity index (χ2n) is 6.22. The van der Waals surface area contributed by atoms with Gasteiger partial charge in [-0.15, -0.1) is 0 Å². The van der Waals surface area contributed by atoms with Gasteiger partial charge in [0.05, 0.1) is 12.7 Å². The molecule has 1 atom stereocenters. The molecular weight excluding hydrogens is 262 g/mol. The van der Waals surface area contributed by atoms with E-state index in [-0.39, 0.29) is 5.54 Å². The molecule has 0 aliphatic heterocycles. The summed E-state index contributed by atoms with van der Waals surface area (Å²) in [7, 11) is 1.75. The molecule has 1 saturated carbocycles. The summed E-state index contributed by atoms with van der Waals surface area (Å²) >= 11 is 0. The van der Waals surface area contributed by atoms with E-state index in [1.807, 2.05) is 0 Å². The second kappa shape index (κ2) is 9.40. The molecule has 1 fully saturated rings. The summed E-state index contributed by atoms with van der Waals surface area (Å²) in [4.78, 5) is 2.47. The van der Waals surface area contributed by atoms with E-state index in [4.69, 9.17) is 4.74 Å². The molecule has 1 N–H and O–H groups in total. The maximum Gasteiger partial charge on any atom is 0.122 e. The maximum atomic E-state index is 9.84. The van der Waals surface area contributed by atoms with E-state index < -0.39 is 0 Å². The number of nitriles is 1. The van der Waals surface area contributed by atoms with Crippen molar-refractivity contribution in [1.29, 1.82) is 5.26 Å². The Hall–Kier alpha value is -0.630. The molecule has 0 bridgehead atoms. The summed E-state index contributed by atoms with van der Waals surface area (Å²) in [6.45, 7) is 10.0. The van der Waals surface area contributed by atoms with E-state index in [1.54, 1.807) is 7.11 Å². The number of hydrogen-bond acceptors (Lipinski definition) is 4. The van der Waals surface area contributed by atoms with Gasteiger partial charge in [-0.2, -0.15) is 5.26 Å². The fourth-order valence-electron chi connectivity index (χ4n) is 3.14. The van der Waals surface area contributed by atoms with Gasteiger partial charge in [-0.25, -0.2) is 0 Å². The predicted octanol–water partition coefficient (Wildman–Crippen LogP) is 2.80. The zero-order chi connectivity index (χ0) is 15.7. The molecule has 1 aliphatic carbocycles. The molecule has 4 heteroatoms. The van der Waals surface area contributed by atoms with E-state index in [2.05, 4.69) is 37.1 Å². The van der Waals surface area contributed by atoms with Gasteiger partial charge in [0, 0.05) is 26.2 Å². The number of ether oxygens (including phenoxy) is 1. The smallest absolute Gasteiger partial charge is 0.122 e. The number of rotatable bonds is 12. The van der Waals surface area contributed by atoms with E-state index in [0.29, 0.717) is 12.0 Å². The molecule has 0 spiro atoms. The van der Waals surface area contributed by atoms with Crippen LogP contribution in [-0.4, -0.2) is 49.8 Å². The zero-order valence-electron chi connectivity index (χ0n) is 14.3. The highest BCUT2D eigenvalue weighted by Gasteiger charge is 2.46. The van der Waals surface area contributed by atoms with Crippen LogP contribution in [0.15, 0.2) is 0 Å². The predicted molar refractivity (Wildman–Crippen MR) is 87.2 cm³/mol. The third kappa shape index (κ3) is 5.25. The van der Waals surface area contributed by atoms with Crippen molar-refractivity contribution in [2.24, 2.45) is 5.92 Å². The lowest BCUT2D eigenvalue weighted by molar-refractivity contribution is 0.0918. The molecular formula is C17H33N3O. The largest absolute Gasteiger partial charge is 0.383 e. The van der Waals surface area contributed by atoms with Crippen LogP contribution in [0.5, 0.6) is 0 Å². The summed E-state index contributed by atoms with van der Waals surface area (Å²) in [5, 5.41) is 13.4. The van der Waals surface area contributed by atoms with Crippen molar-refractivity contribution in [2.75, 3.05) is 33.4 Å². The highest BCUT2D eigenvalue weighted by atomic mass is 16.5. The van der Waals surface area contributed by atoms with Crippen LogP contribution < -0.4 is 5.32 Å². The lowest BCUT2D eigenvalue weighted by atomic mass is 9.92. The van der Waals surface area contributed by atoms with Gasteiger partial charge in [-0.1, -0.05) is 20.8 Å². The fraction of sp³-hybridized carbons (Fsp3) is 0.941. The average Bonchev–Trinajstić information content (AvgIpc) is 3.34. The topological polar surface area (TPSA) is 48.3 Å². The van der Waals surface area contributed by atoms with Crippen LogP contribution in [0.25, 0.3) is 0 Å². The van der Waals surface area contributed by atoms with Gasteiger partial charge in [0.15, 0.2) is 0 Å². The van der Waals surface area contributed by atoms with E-state index in [0.717, 1.165) is 45.5 Å². The third-order valence-electron chi connectivity index (χ3n) is 4.66. The standard InChI is InChI=1S/C17H33N3O/c1-5-10-19-17(13-18,15-8-9-15)14-20(11-12-21-4)16(6-2)7-3/h15-16,19H,5-12,14H2,1-4H3. The first kappa shape index (κ1) is 18.4. The fourth-order valence-corrected chi connectivity index (χ4v) is 3.14. The molecule has 0 heterocycles. The minimum absolute atomic E-state index is 0.369. The van der Waals surface area contributed by atoms with Crippen molar-refractivity contribution in [3.8, 4) is 6.07 Å². The maximum absolute atomic E-state index is 9.84. The first-order valence-corrected chi connectivity index (χ1v) is 8.56. The van der Waals surface area contributed by atoms with Crippen LogP contribution in [0.2, 0.25) is 0 Å². The third-order valence-corrected chi connectivity index (χ3v) is 4.66. The summed E-state index contributed by atoms with van der Waals surface area (Å²) in [6.07, 6.45) is 5.69. The van der Waals surface area contributed by atoms with Gasteiger partial charge in [0.25, 0.3) is 0 Å². The SMILES string of the molecule is CCCNC(C#N)(CN(CCOC)C(CC)CC)C1CC1. The lowest BCUT2D eigenvalue weighted by Gasteiger charge is -2.38. The van der Waals surface area contributed by atoms with Crippen LogP contribution in [-0.2, 0) is 4.74 Å². The molecule has 122 valence electrons. The van der Waals surface area contributed by atoms with Crippen LogP contribution in [0.3, 0.4) is 0 Å². The number of nitrogens with one attached hydrogen (secondary N) is 1. The Morgan fingerprint density at radius 2 is 2.00 bits per heavy atom. The first-order chi connectivity index (χ1) is 10.2. The lowest BCUT2D eigenvalue weighted by Crippen LogP contribution is -2.57. The molecule has 0 aromatic carbocycles. The van der Waals surface area contributed by atoms with Gasteiger partial charge >= 0.3 is 0 Å². The molecule has 0 aromatic heterocycles. The normalized spacial score (nSPS) is 18.0. The Balaban J connectivity index is 2.81. The van der Waals surface area contributed by atoms with Crippen LogP contribution in [0, 0.1) is 17.2 Å². The van der Waals surface area contributed by atoms with E-state index in [1.165, 1.54) is 12.8 Å². The van der Waals surface area contributed by atoms with E-state index >= 15 is 0 Å². The number of methoxy groups -OCH3 is 1. The van der Waals surface area contributed by atoms with Crippen molar-refractivity contribution in [3.05, 3.63) is 0 Å². The zero-order valence-corrected chi connectivity index (χ0v) is 14.3. The van der Waals surface area contributed by atoms with Gasteiger partial charge < -0.3 is 4.74 Å². The quantitative estimate of drug-likeness (QED) is 0.601. The van der Waals surface area contributed by atoms with Crippen molar-refractivity contribution in [1.82, 2.24) is 10.2 Å². The molecule has 21 heavy (non-hydrogen) atoms. The minimum atomic E-state index is -0.369. The van der Waals surface area contributed by atoms with Gasteiger partial charge in [-0.3, -0.25) is 10.2 Å². The second-order valence-corrected chi connectivity index (χ2v) is 6.22. The molecule has 1 unspecified atom stereocenters. The van der Waals surface area contributed by atoms with Gasteiger partial charge in [0.2, 0.25) is 0 Å². The summed E-state index contributed by atoms with van der Waals surface area (Å²) in [5.74, 6) is 0.522. The summed E-state index contributed by atoms with van der Waals surface area (Å²) < 4.78 is 5.27. The summed E-state index contributed by atoms with van der Waals surface area (Å²) in [6, 6.07) is 3.17. The Morgan fingerprint density at radius 1 is 1.33 bits per heavy atom. The first-order valence-electron chi connectivity index (χ1n) is 8.56. The number of nitrogens with zero attached hydrogens (tertiary/aromatic N) is 2. The minimum Gasteiger partial charge on any atom is -0.383 e. The van der Waals surface area contributed by atoms with Crippen LogP contribution in [0.1, 0.15) is 52.9 Å². The van der Waals surface area contributed by atoms with Crippen molar-refractivity contribution >= 4 is 0 Å². The van der Waals surface area contributed by atoms with Crippen molar-refractivity contribution in [3.63, 3.8) is 0 Å². The molecule has 0 radical (unpaired) electrons. The molecule has 1 aliphatic rings. The Kier molecular flexibility index (Phi) is 8.24. The number of hydrogen-bond donors (Lipinski definition) is 1. The molecule has 0 amide bonds. The average molecular weight is 295 g/mol. The molecule has 0 saturated heterocycles. The van der Waals surface area contributed by atoms with Crippen molar-refractivity contribution < 1.29 is 4.74 Å². The van der Waals surface area contributed by atoms with Crippen molar-refractivity contribution in [2.45, 2.75) is 64.5 Å². The monoisotopic (exact) mass is 295 g/mol. The Labute approximate surface area is 130 Å². The molecule has 4 nitrogen and oxygen atoms in total. The van der Waals surface area contributed by atoms with Gasteiger partial charge in [-0.05, 0) is 44.6 Å². The van der Waals surface area contributed by atoms with Crippen LogP contribution >= 0.6 is 0 Å². The van der Waals surface area contributed by atoms with E-state index in [9.17, 15) is 5.26 Å². The van der Waals surface area contributed by atoms with Crippen LogP contribution in [0.4, 0.5) is 0 Å². The highest BCUT2D eigenvalue weighted by molar-refractivity contribution is 5.17. The molecule has 1 rings (SSSR count). The Bertz CT molecular complexity index is 320. The highest BCUT2D eigenvalue weighted by Crippen LogP contribution is 2.40. The summed E-state index contributed by atoms with van der Waals surface area (Å²) in [5.41, 5.74) is -0.369.